The van der Waals surface area contributed by atoms with Gasteiger partial charge in [0.1, 0.15) is 0 Å². The van der Waals surface area contributed by atoms with Crippen LogP contribution in [-0.4, -0.2) is 33.0 Å². The van der Waals surface area contributed by atoms with Crippen molar-refractivity contribution < 1.29 is 8.42 Å². The van der Waals surface area contributed by atoms with Crippen LogP contribution in [0.15, 0.2) is 18.2 Å². The molecule has 1 aromatic carbocycles. The summed E-state index contributed by atoms with van der Waals surface area (Å²) in [5, 5.41) is 0. The molecule has 1 atom stereocenters. The first-order chi connectivity index (χ1) is 8.43. The molecule has 0 aromatic heterocycles. The van der Waals surface area contributed by atoms with Crippen molar-refractivity contribution >= 4 is 27.1 Å². The van der Waals surface area contributed by atoms with E-state index in [1.54, 1.807) is 0 Å². The maximum absolute atomic E-state index is 11.5. The smallest absolute Gasteiger partial charge is 0.152 e. The van der Waals surface area contributed by atoms with Gasteiger partial charge in [0.25, 0.3) is 0 Å². The molecule has 0 N–H and O–H groups in total. The van der Waals surface area contributed by atoms with Crippen LogP contribution in [0, 0.1) is 6.92 Å². The highest BCUT2D eigenvalue weighted by Gasteiger charge is 2.31. The molecular weight excluding hydrogens is 270 g/mol. The molecule has 1 fully saturated rings. The first-order valence-electron chi connectivity index (χ1n) is 6.02. The van der Waals surface area contributed by atoms with E-state index in [1.165, 1.54) is 5.56 Å². The summed E-state index contributed by atoms with van der Waals surface area (Å²) in [6, 6.07) is 6.19. The van der Waals surface area contributed by atoms with Crippen molar-refractivity contribution in [3.05, 3.63) is 29.3 Å². The number of hydrogen-bond donors (Lipinski definition) is 0. The van der Waals surface area contributed by atoms with Crippen molar-refractivity contribution in [1.29, 1.82) is 0 Å². The molecule has 0 radical (unpaired) electrons. The van der Waals surface area contributed by atoms with E-state index in [9.17, 15) is 8.42 Å². The molecule has 1 heterocycles. The van der Waals surface area contributed by atoms with E-state index in [0.717, 1.165) is 11.3 Å². The number of anilines is 1. The molecule has 0 saturated carbocycles. The van der Waals surface area contributed by atoms with E-state index < -0.39 is 9.84 Å². The Kier molecular flexibility index (Phi) is 3.87. The van der Waals surface area contributed by atoms with Crippen molar-refractivity contribution in [3.63, 3.8) is 0 Å². The lowest BCUT2D eigenvalue weighted by Gasteiger charge is -2.27. The number of halogens is 1. The van der Waals surface area contributed by atoms with Crippen LogP contribution in [0.3, 0.4) is 0 Å². The lowest BCUT2D eigenvalue weighted by Crippen LogP contribution is -2.33. The minimum absolute atomic E-state index is 0.0691. The minimum Gasteiger partial charge on any atom is -0.370 e. The molecule has 5 heteroatoms. The van der Waals surface area contributed by atoms with Crippen LogP contribution in [0.25, 0.3) is 0 Å². The molecule has 1 aromatic rings. The molecule has 0 spiro atoms. The fourth-order valence-corrected chi connectivity index (χ4v) is 4.43. The van der Waals surface area contributed by atoms with Gasteiger partial charge in [0.05, 0.1) is 11.5 Å². The Morgan fingerprint density at radius 3 is 2.72 bits per heavy atom. The summed E-state index contributed by atoms with van der Waals surface area (Å²) in [4.78, 5) is 2.06. The Morgan fingerprint density at radius 1 is 1.44 bits per heavy atom. The third kappa shape index (κ3) is 2.81. The summed E-state index contributed by atoms with van der Waals surface area (Å²) in [6.45, 7) is 2.03. The van der Waals surface area contributed by atoms with Crippen LogP contribution in [0.1, 0.15) is 17.5 Å². The van der Waals surface area contributed by atoms with E-state index in [-0.39, 0.29) is 11.8 Å². The van der Waals surface area contributed by atoms with Gasteiger partial charge < -0.3 is 4.90 Å². The fraction of sp³-hybridized carbons (Fsp3) is 0.538. The van der Waals surface area contributed by atoms with Gasteiger partial charge in [-0.1, -0.05) is 17.7 Å². The second-order valence-electron chi connectivity index (χ2n) is 4.93. The van der Waals surface area contributed by atoms with Gasteiger partial charge >= 0.3 is 0 Å². The molecule has 1 aliphatic rings. The van der Waals surface area contributed by atoms with E-state index in [2.05, 4.69) is 11.0 Å². The van der Waals surface area contributed by atoms with Gasteiger partial charge in [-0.15, -0.1) is 11.6 Å². The predicted octanol–water partition coefficient (Wildman–Crippen LogP) is 2.36. The number of sulfone groups is 1. The van der Waals surface area contributed by atoms with Crippen LogP contribution in [-0.2, 0) is 15.7 Å². The lowest BCUT2D eigenvalue weighted by atomic mass is 10.1. The van der Waals surface area contributed by atoms with Gasteiger partial charge in [0.15, 0.2) is 9.84 Å². The van der Waals surface area contributed by atoms with Crippen LogP contribution < -0.4 is 4.90 Å². The molecule has 0 bridgehead atoms. The summed E-state index contributed by atoms with van der Waals surface area (Å²) in [5.74, 6) is 0.990. The zero-order valence-corrected chi connectivity index (χ0v) is 12.3. The molecular formula is C13H18ClNO2S. The van der Waals surface area contributed by atoms with Crippen LogP contribution in [0.2, 0.25) is 0 Å². The number of aryl methyl sites for hydroxylation is 1. The summed E-state index contributed by atoms with van der Waals surface area (Å²) < 4.78 is 23.1. The largest absolute Gasteiger partial charge is 0.370 e. The van der Waals surface area contributed by atoms with Gasteiger partial charge in [-0.3, -0.25) is 0 Å². The Morgan fingerprint density at radius 2 is 2.17 bits per heavy atom. The number of hydrogen-bond acceptors (Lipinski definition) is 3. The molecule has 100 valence electrons. The summed E-state index contributed by atoms with van der Waals surface area (Å²) in [5.41, 5.74) is 3.27. The highest BCUT2D eigenvalue weighted by atomic mass is 35.5. The Hall–Kier alpha value is -0.740. The van der Waals surface area contributed by atoms with E-state index in [4.69, 9.17) is 11.6 Å². The monoisotopic (exact) mass is 287 g/mol. The van der Waals surface area contributed by atoms with Gasteiger partial charge in [0.2, 0.25) is 0 Å². The predicted molar refractivity (Wildman–Crippen MR) is 76.2 cm³/mol. The molecule has 0 amide bonds. The molecule has 1 aliphatic heterocycles. The van der Waals surface area contributed by atoms with Gasteiger partial charge in [-0.05, 0) is 25.0 Å². The topological polar surface area (TPSA) is 37.4 Å². The number of benzene rings is 1. The van der Waals surface area contributed by atoms with Crippen LogP contribution >= 0.6 is 11.6 Å². The number of alkyl halides is 1. The highest BCUT2D eigenvalue weighted by molar-refractivity contribution is 7.91. The molecule has 1 saturated heterocycles. The zero-order chi connectivity index (χ0) is 13.3. The van der Waals surface area contributed by atoms with Crippen molar-refractivity contribution in [2.45, 2.75) is 25.3 Å². The summed E-state index contributed by atoms with van der Waals surface area (Å²) >= 11 is 5.97. The number of rotatable bonds is 3. The third-order valence-electron chi connectivity index (χ3n) is 3.52. The van der Waals surface area contributed by atoms with Crippen molar-refractivity contribution in [2.75, 3.05) is 23.5 Å². The van der Waals surface area contributed by atoms with Crippen molar-refractivity contribution in [1.82, 2.24) is 0 Å². The SMILES string of the molecule is Cc1ccc(N(C)C2CCS(=O)(=O)C2)c(CCl)c1. The molecule has 0 aliphatic carbocycles. The third-order valence-corrected chi connectivity index (χ3v) is 5.55. The summed E-state index contributed by atoms with van der Waals surface area (Å²) in [7, 11) is -0.900. The fourth-order valence-electron chi connectivity index (χ4n) is 2.44. The van der Waals surface area contributed by atoms with Gasteiger partial charge in [0, 0.05) is 24.7 Å². The van der Waals surface area contributed by atoms with Gasteiger partial charge in [-0.2, -0.15) is 0 Å². The van der Waals surface area contributed by atoms with Crippen molar-refractivity contribution in [3.8, 4) is 0 Å². The first kappa shape index (κ1) is 13.7. The molecule has 18 heavy (non-hydrogen) atoms. The van der Waals surface area contributed by atoms with E-state index in [0.29, 0.717) is 18.1 Å². The highest BCUT2D eigenvalue weighted by Crippen LogP contribution is 2.27. The van der Waals surface area contributed by atoms with Crippen molar-refractivity contribution in [2.24, 2.45) is 0 Å². The van der Waals surface area contributed by atoms with E-state index in [1.807, 2.05) is 26.1 Å². The average Bonchev–Trinajstić information content (AvgIpc) is 2.68. The second-order valence-corrected chi connectivity index (χ2v) is 7.43. The van der Waals surface area contributed by atoms with Crippen LogP contribution in [0.5, 0.6) is 0 Å². The Labute approximate surface area is 114 Å². The molecule has 3 nitrogen and oxygen atoms in total. The normalized spacial score (nSPS) is 22.1. The zero-order valence-electron chi connectivity index (χ0n) is 10.7. The number of nitrogens with zero attached hydrogens (tertiary/aromatic N) is 1. The molecule has 1 unspecified atom stereocenters. The maximum atomic E-state index is 11.5. The van der Waals surface area contributed by atoms with Crippen LogP contribution in [0.4, 0.5) is 5.69 Å². The second kappa shape index (κ2) is 5.10. The lowest BCUT2D eigenvalue weighted by molar-refractivity contribution is 0.601. The Bertz CT molecular complexity index is 542. The quantitative estimate of drug-likeness (QED) is 0.801. The average molecular weight is 288 g/mol. The first-order valence-corrected chi connectivity index (χ1v) is 8.37. The molecule has 2 rings (SSSR count). The maximum Gasteiger partial charge on any atom is 0.152 e. The standard InChI is InChI=1S/C13H18ClNO2S/c1-10-3-4-13(11(7-10)8-14)15(2)12-5-6-18(16,17)9-12/h3-4,7,12H,5-6,8-9H2,1-2H3. The van der Waals surface area contributed by atoms with Gasteiger partial charge in [-0.25, -0.2) is 8.42 Å². The van der Waals surface area contributed by atoms with E-state index >= 15 is 0 Å². The minimum atomic E-state index is -2.85. The Balaban J connectivity index is 2.26. The summed E-state index contributed by atoms with van der Waals surface area (Å²) in [6.07, 6.45) is 0.703.